The lowest BCUT2D eigenvalue weighted by molar-refractivity contribution is 0.0956. The zero-order chi connectivity index (χ0) is 13.2. The van der Waals surface area contributed by atoms with Crippen molar-refractivity contribution in [2.75, 3.05) is 11.9 Å². The maximum atomic E-state index is 11.7. The predicted octanol–water partition coefficient (Wildman–Crippen LogP) is 2.81. The van der Waals surface area contributed by atoms with Gasteiger partial charge in [0.25, 0.3) is 5.91 Å². The lowest BCUT2D eigenvalue weighted by Gasteiger charge is -2.41. The second kappa shape index (κ2) is 5.08. The summed E-state index contributed by atoms with van der Waals surface area (Å²) in [5.41, 5.74) is 1.83. The number of carbonyl (C=O) groups excluding carboxylic acids is 1. The summed E-state index contributed by atoms with van der Waals surface area (Å²) in [6.07, 6.45) is 7.15. The van der Waals surface area contributed by atoms with Crippen molar-refractivity contribution in [2.45, 2.75) is 25.8 Å². The molecule has 1 aromatic rings. The Morgan fingerprint density at radius 1 is 1.32 bits per heavy atom. The molecule has 2 aliphatic rings. The number of benzene rings is 1. The average Bonchev–Trinajstić information content (AvgIpc) is 2.78. The van der Waals surface area contributed by atoms with Crippen molar-refractivity contribution in [3.05, 3.63) is 42.0 Å². The van der Waals surface area contributed by atoms with Crippen LogP contribution >= 0.6 is 0 Å². The Morgan fingerprint density at radius 2 is 2.11 bits per heavy atom. The summed E-state index contributed by atoms with van der Waals surface area (Å²) in [4.78, 5) is 11.7. The van der Waals surface area contributed by atoms with Gasteiger partial charge in [0, 0.05) is 29.8 Å². The standard InChI is InChI=1S/C16H20N2O/c1-2-17-16(19)11-6-8-13(9-7-11)18-15-10-12-4-3-5-14(12)15/h3,5-9,12,14-15,18H,2,4,10H2,1H3,(H,17,19). The third kappa shape index (κ3) is 2.37. The minimum Gasteiger partial charge on any atom is -0.382 e. The van der Waals surface area contributed by atoms with Gasteiger partial charge in [-0.05, 0) is 49.9 Å². The molecule has 0 aromatic heterocycles. The topological polar surface area (TPSA) is 41.1 Å². The van der Waals surface area contributed by atoms with Crippen LogP contribution in [-0.2, 0) is 0 Å². The number of amides is 1. The molecule has 2 aliphatic carbocycles. The van der Waals surface area contributed by atoms with Gasteiger partial charge in [-0.3, -0.25) is 4.79 Å². The van der Waals surface area contributed by atoms with E-state index >= 15 is 0 Å². The summed E-state index contributed by atoms with van der Waals surface area (Å²) in [5.74, 6) is 1.58. The second-order valence-corrected chi connectivity index (χ2v) is 5.42. The zero-order valence-corrected chi connectivity index (χ0v) is 11.2. The number of allylic oxidation sites excluding steroid dienone is 1. The van der Waals surface area contributed by atoms with Crippen LogP contribution in [0.15, 0.2) is 36.4 Å². The van der Waals surface area contributed by atoms with Crippen molar-refractivity contribution in [1.82, 2.24) is 5.32 Å². The van der Waals surface area contributed by atoms with Gasteiger partial charge in [0.1, 0.15) is 0 Å². The van der Waals surface area contributed by atoms with Gasteiger partial charge in [-0.2, -0.15) is 0 Å². The van der Waals surface area contributed by atoms with Gasteiger partial charge < -0.3 is 10.6 Å². The van der Waals surface area contributed by atoms with E-state index in [0.717, 1.165) is 17.2 Å². The molecular formula is C16H20N2O. The molecule has 1 amide bonds. The molecule has 0 aliphatic heterocycles. The van der Waals surface area contributed by atoms with E-state index in [-0.39, 0.29) is 5.91 Å². The fourth-order valence-corrected chi connectivity index (χ4v) is 3.08. The van der Waals surface area contributed by atoms with Crippen LogP contribution in [0.3, 0.4) is 0 Å². The smallest absolute Gasteiger partial charge is 0.251 e. The summed E-state index contributed by atoms with van der Waals surface area (Å²) in [6, 6.07) is 8.33. The molecule has 0 saturated heterocycles. The fourth-order valence-electron chi connectivity index (χ4n) is 3.08. The van der Waals surface area contributed by atoms with Crippen molar-refractivity contribution in [3.8, 4) is 0 Å². The summed E-state index contributed by atoms with van der Waals surface area (Å²) in [7, 11) is 0. The Labute approximate surface area is 114 Å². The molecular weight excluding hydrogens is 236 g/mol. The Bertz CT molecular complexity index is 492. The molecule has 0 radical (unpaired) electrons. The minimum atomic E-state index is -0.00326. The maximum absolute atomic E-state index is 11.7. The molecule has 1 saturated carbocycles. The monoisotopic (exact) mass is 256 g/mol. The number of carbonyl (C=O) groups is 1. The van der Waals surface area contributed by atoms with Crippen LogP contribution in [0.2, 0.25) is 0 Å². The second-order valence-electron chi connectivity index (χ2n) is 5.42. The summed E-state index contributed by atoms with van der Waals surface area (Å²) in [6.45, 7) is 2.59. The minimum absolute atomic E-state index is 0.00326. The van der Waals surface area contributed by atoms with Crippen LogP contribution in [-0.4, -0.2) is 18.5 Å². The molecule has 1 aromatic carbocycles. The SMILES string of the molecule is CCNC(=O)c1ccc(NC2CC3CC=CC32)cc1. The van der Waals surface area contributed by atoms with Crippen molar-refractivity contribution < 1.29 is 4.79 Å². The zero-order valence-electron chi connectivity index (χ0n) is 11.2. The molecule has 100 valence electrons. The van der Waals surface area contributed by atoms with E-state index in [9.17, 15) is 4.79 Å². The molecule has 0 spiro atoms. The highest BCUT2D eigenvalue weighted by Gasteiger charge is 2.40. The normalized spacial score (nSPS) is 27.5. The van der Waals surface area contributed by atoms with Crippen LogP contribution in [0, 0.1) is 11.8 Å². The van der Waals surface area contributed by atoms with Gasteiger partial charge in [0.2, 0.25) is 0 Å². The van der Waals surface area contributed by atoms with E-state index in [1.807, 2.05) is 31.2 Å². The van der Waals surface area contributed by atoms with Crippen LogP contribution in [0.5, 0.6) is 0 Å². The first-order chi connectivity index (χ1) is 9.28. The highest BCUT2D eigenvalue weighted by Crippen LogP contribution is 2.43. The Kier molecular flexibility index (Phi) is 3.28. The van der Waals surface area contributed by atoms with E-state index in [4.69, 9.17) is 0 Å². The lowest BCUT2D eigenvalue weighted by atomic mass is 9.71. The maximum Gasteiger partial charge on any atom is 0.251 e. The van der Waals surface area contributed by atoms with Crippen LogP contribution in [0.25, 0.3) is 0 Å². The molecule has 3 rings (SSSR count). The Balaban J connectivity index is 1.60. The largest absolute Gasteiger partial charge is 0.382 e. The lowest BCUT2D eigenvalue weighted by Crippen LogP contribution is -2.43. The average molecular weight is 256 g/mol. The van der Waals surface area contributed by atoms with Crippen molar-refractivity contribution >= 4 is 11.6 Å². The first-order valence-corrected chi connectivity index (χ1v) is 7.09. The third-order valence-corrected chi connectivity index (χ3v) is 4.20. The van der Waals surface area contributed by atoms with Crippen molar-refractivity contribution in [1.29, 1.82) is 0 Å². The van der Waals surface area contributed by atoms with E-state index < -0.39 is 0 Å². The number of rotatable bonds is 4. The number of nitrogens with one attached hydrogen (secondary N) is 2. The predicted molar refractivity (Wildman–Crippen MR) is 77.2 cm³/mol. The van der Waals surface area contributed by atoms with Gasteiger partial charge in [0.15, 0.2) is 0 Å². The Morgan fingerprint density at radius 3 is 2.79 bits per heavy atom. The molecule has 19 heavy (non-hydrogen) atoms. The van der Waals surface area contributed by atoms with Gasteiger partial charge in [-0.1, -0.05) is 12.2 Å². The highest BCUT2D eigenvalue weighted by molar-refractivity contribution is 5.94. The van der Waals surface area contributed by atoms with E-state index in [1.54, 1.807) is 0 Å². The summed E-state index contributed by atoms with van der Waals surface area (Å²) >= 11 is 0. The number of hydrogen-bond acceptors (Lipinski definition) is 2. The third-order valence-electron chi connectivity index (χ3n) is 4.20. The first-order valence-electron chi connectivity index (χ1n) is 7.09. The molecule has 1 fully saturated rings. The molecule has 2 N–H and O–H groups in total. The molecule has 0 bridgehead atoms. The van der Waals surface area contributed by atoms with Gasteiger partial charge in [-0.25, -0.2) is 0 Å². The molecule has 3 atom stereocenters. The summed E-state index contributed by atoms with van der Waals surface area (Å²) in [5, 5.41) is 6.37. The number of fused-ring (bicyclic) bond motifs is 1. The van der Waals surface area contributed by atoms with Gasteiger partial charge in [-0.15, -0.1) is 0 Å². The number of hydrogen-bond donors (Lipinski definition) is 2. The summed E-state index contributed by atoms with van der Waals surface area (Å²) < 4.78 is 0. The molecule has 3 nitrogen and oxygen atoms in total. The van der Waals surface area contributed by atoms with Gasteiger partial charge >= 0.3 is 0 Å². The molecule has 0 heterocycles. The van der Waals surface area contributed by atoms with Crippen LogP contribution < -0.4 is 10.6 Å². The Hall–Kier alpha value is -1.77. The van der Waals surface area contributed by atoms with E-state index in [2.05, 4.69) is 22.8 Å². The molecule has 3 unspecified atom stereocenters. The van der Waals surface area contributed by atoms with Crippen LogP contribution in [0.4, 0.5) is 5.69 Å². The highest BCUT2D eigenvalue weighted by atomic mass is 16.1. The van der Waals surface area contributed by atoms with Crippen molar-refractivity contribution in [2.24, 2.45) is 11.8 Å². The van der Waals surface area contributed by atoms with E-state index in [0.29, 0.717) is 18.5 Å². The van der Waals surface area contributed by atoms with Gasteiger partial charge in [0.05, 0.1) is 0 Å². The van der Waals surface area contributed by atoms with Crippen molar-refractivity contribution in [3.63, 3.8) is 0 Å². The number of anilines is 1. The molecule has 3 heteroatoms. The van der Waals surface area contributed by atoms with Crippen LogP contribution in [0.1, 0.15) is 30.1 Å². The first kappa shape index (κ1) is 12.3. The quantitative estimate of drug-likeness (QED) is 0.813. The van der Waals surface area contributed by atoms with E-state index in [1.165, 1.54) is 12.8 Å². The fraction of sp³-hybridized carbons (Fsp3) is 0.438.